The van der Waals surface area contributed by atoms with Crippen LogP contribution in [0.2, 0.25) is 0 Å². The van der Waals surface area contributed by atoms with Crippen LogP contribution in [0.3, 0.4) is 0 Å². The fourth-order valence-electron chi connectivity index (χ4n) is 1.96. The van der Waals surface area contributed by atoms with Gasteiger partial charge in [0.1, 0.15) is 5.75 Å². The third-order valence-corrected chi connectivity index (χ3v) is 3.65. The second kappa shape index (κ2) is 9.05. The molecule has 0 aromatic heterocycles. The molecule has 0 heterocycles. The number of nitrogens with one attached hydrogen (secondary N) is 4. The van der Waals surface area contributed by atoms with Gasteiger partial charge >= 0.3 is 0 Å². The molecule has 0 fully saturated rings. The Morgan fingerprint density at radius 2 is 1.54 bits per heavy atom. The van der Waals surface area contributed by atoms with E-state index in [1.165, 1.54) is 5.56 Å². The molecule has 0 spiro atoms. The Kier molecular flexibility index (Phi) is 6.77. The molecular weight excluding hydrogens is 340 g/mol. The van der Waals surface area contributed by atoms with Gasteiger partial charge in [-0.05, 0) is 60.7 Å². The van der Waals surface area contributed by atoms with Crippen molar-refractivity contribution in [2.24, 2.45) is 0 Å². The predicted octanol–water partition coefficient (Wildman–Crippen LogP) is 3.45. The highest BCUT2D eigenvalue weighted by molar-refractivity contribution is 7.81. The lowest BCUT2D eigenvalue weighted by atomic mass is 10.1. The SMILES string of the molecule is CCc1ccc(NC(=S)NNC(=S)Nc2cccc(OC)c2)cc1. The molecule has 5 nitrogen and oxygen atoms in total. The number of methoxy groups -OCH3 is 1. The Morgan fingerprint density at radius 3 is 2.12 bits per heavy atom. The summed E-state index contributed by atoms with van der Waals surface area (Å²) in [5.74, 6) is 0.753. The average molecular weight is 361 g/mol. The summed E-state index contributed by atoms with van der Waals surface area (Å²) in [6.07, 6.45) is 1.01. The fraction of sp³-hybridized carbons (Fsp3) is 0.176. The minimum Gasteiger partial charge on any atom is -0.497 e. The maximum absolute atomic E-state index is 5.23. The number of hydrogen-bond acceptors (Lipinski definition) is 3. The molecular formula is C17H20N4OS2. The first-order chi connectivity index (χ1) is 11.6. The highest BCUT2D eigenvalue weighted by Gasteiger charge is 2.01. The number of hydrazine groups is 1. The largest absolute Gasteiger partial charge is 0.497 e. The van der Waals surface area contributed by atoms with Crippen LogP contribution in [-0.2, 0) is 6.42 Å². The summed E-state index contributed by atoms with van der Waals surface area (Å²) in [5.41, 5.74) is 8.70. The lowest BCUT2D eigenvalue weighted by Gasteiger charge is -2.14. The van der Waals surface area contributed by atoms with Gasteiger partial charge in [0, 0.05) is 17.4 Å². The van der Waals surface area contributed by atoms with Crippen molar-refractivity contribution in [3.05, 3.63) is 54.1 Å². The second-order valence-corrected chi connectivity index (χ2v) is 5.76. The molecule has 0 aliphatic carbocycles. The Balaban J connectivity index is 1.78. The summed E-state index contributed by atoms with van der Waals surface area (Å²) >= 11 is 10.4. The van der Waals surface area contributed by atoms with Crippen LogP contribution in [0.25, 0.3) is 0 Å². The van der Waals surface area contributed by atoms with Gasteiger partial charge in [0.15, 0.2) is 10.2 Å². The average Bonchev–Trinajstić information content (AvgIpc) is 2.61. The zero-order valence-corrected chi connectivity index (χ0v) is 15.2. The van der Waals surface area contributed by atoms with Crippen molar-refractivity contribution in [1.29, 1.82) is 0 Å². The Morgan fingerprint density at radius 1 is 0.917 bits per heavy atom. The minimum atomic E-state index is 0.397. The van der Waals surface area contributed by atoms with E-state index >= 15 is 0 Å². The first-order valence-electron chi connectivity index (χ1n) is 7.47. The zero-order chi connectivity index (χ0) is 17.4. The molecule has 0 unspecified atom stereocenters. The molecule has 0 saturated heterocycles. The van der Waals surface area contributed by atoms with Gasteiger partial charge in [-0.15, -0.1) is 0 Å². The molecule has 7 heteroatoms. The predicted molar refractivity (Wildman–Crippen MR) is 108 cm³/mol. The summed E-state index contributed by atoms with van der Waals surface area (Å²) in [6.45, 7) is 2.12. The number of aryl methyl sites for hydroxylation is 1. The summed E-state index contributed by atoms with van der Waals surface area (Å²) in [5, 5.41) is 6.94. The van der Waals surface area contributed by atoms with Crippen LogP contribution in [0.15, 0.2) is 48.5 Å². The van der Waals surface area contributed by atoms with Crippen LogP contribution in [0, 0.1) is 0 Å². The van der Waals surface area contributed by atoms with Crippen LogP contribution >= 0.6 is 24.4 Å². The molecule has 0 radical (unpaired) electrons. The van der Waals surface area contributed by atoms with E-state index in [9.17, 15) is 0 Å². The van der Waals surface area contributed by atoms with Crippen molar-refractivity contribution in [2.45, 2.75) is 13.3 Å². The van der Waals surface area contributed by atoms with Crippen molar-refractivity contribution in [3.63, 3.8) is 0 Å². The molecule has 0 aliphatic heterocycles. The Bertz CT molecular complexity index is 704. The molecule has 0 atom stereocenters. The van der Waals surface area contributed by atoms with Gasteiger partial charge in [-0.1, -0.05) is 25.1 Å². The van der Waals surface area contributed by atoms with Gasteiger partial charge in [-0.2, -0.15) is 0 Å². The van der Waals surface area contributed by atoms with Crippen LogP contribution in [0.1, 0.15) is 12.5 Å². The van der Waals surface area contributed by atoms with Crippen molar-refractivity contribution in [2.75, 3.05) is 17.7 Å². The molecule has 0 amide bonds. The number of benzene rings is 2. The van der Waals surface area contributed by atoms with Crippen molar-refractivity contribution >= 4 is 46.0 Å². The van der Waals surface area contributed by atoms with E-state index in [4.69, 9.17) is 29.2 Å². The molecule has 0 aliphatic rings. The van der Waals surface area contributed by atoms with E-state index in [0.29, 0.717) is 10.2 Å². The first-order valence-corrected chi connectivity index (χ1v) is 8.29. The number of thiocarbonyl (C=S) groups is 2. The number of rotatable bonds is 4. The summed E-state index contributed by atoms with van der Waals surface area (Å²) in [6, 6.07) is 15.6. The minimum absolute atomic E-state index is 0.397. The quantitative estimate of drug-likeness (QED) is 0.492. The molecule has 2 aromatic rings. The normalized spacial score (nSPS) is 9.75. The van der Waals surface area contributed by atoms with Gasteiger partial charge in [-0.3, -0.25) is 10.9 Å². The number of ether oxygens (including phenoxy) is 1. The molecule has 126 valence electrons. The maximum atomic E-state index is 5.23. The Labute approximate surface area is 152 Å². The Hall–Kier alpha value is -2.38. The van der Waals surface area contributed by atoms with Crippen LogP contribution < -0.4 is 26.2 Å². The molecule has 24 heavy (non-hydrogen) atoms. The van der Waals surface area contributed by atoms with Gasteiger partial charge in [0.25, 0.3) is 0 Å². The standard InChI is InChI=1S/C17H20N4OS2/c1-3-12-7-9-13(10-8-12)18-16(23)20-21-17(24)19-14-5-4-6-15(11-14)22-2/h4-11H,3H2,1-2H3,(H2,18,20,23)(H2,19,21,24). The van der Waals surface area contributed by atoms with Gasteiger partial charge in [0.05, 0.1) is 7.11 Å². The van der Waals surface area contributed by atoms with E-state index in [2.05, 4.69) is 40.5 Å². The van der Waals surface area contributed by atoms with Gasteiger partial charge in [-0.25, -0.2) is 0 Å². The molecule has 2 rings (SSSR count). The van der Waals surface area contributed by atoms with E-state index in [0.717, 1.165) is 23.5 Å². The van der Waals surface area contributed by atoms with Gasteiger partial charge in [0.2, 0.25) is 0 Å². The highest BCUT2D eigenvalue weighted by Crippen LogP contribution is 2.16. The first kappa shape index (κ1) is 18.0. The molecule has 2 aromatic carbocycles. The summed E-state index contributed by atoms with van der Waals surface area (Å²) in [4.78, 5) is 0. The van der Waals surface area contributed by atoms with Crippen LogP contribution in [-0.4, -0.2) is 17.3 Å². The lowest BCUT2D eigenvalue weighted by molar-refractivity contribution is 0.415. The molecule has 0 saturated carbocycles. The smallest absolute Gasteiger partial charge is 0.189 e. The second-order valence-electron chi connectivity index (χ2n) is 4.94. The van der Waals surface area contributed by atoms with Crippen LogP contribution in [0.5, 0.6) is 5.75 Å². The number of hydrogen-bond donors (Lipinski definition) is 4. The van der Waals surface area contributed by atoms with E-state index in [-0.39, 0.29) is 0 Å². The van der Waals surface area contributed by atoms with Crippen LogP contribution in [0.4, 0.5) is 11.4 Å². The van der Waals surface area contributed by atoms with Crippen molar-refractivity contribution in [3.8, 4) is 5.75 Å². The third kappa shape index (κ3) is 5.68. The fourth-order valence-corrected chi connectivity index (χ4v) is 2.30. The topological polar surface area (TPSA) is 57.3 Å². The highest BCUT2D eigenvalue weighted by atomic mass is 32.1. The van der Waals surface area contributed by atoms with E-state index < -0.39 is 0 Å². The molecule has 4 N–H and O–H groups in total. The monoisotopic (exact) mass is 360 g/mol. The third-order valence-electron chi connectivity index (χ3n) is 3.24. The maximum Gasteiger partial charge on any atom is 0.189 e. The van der Waals surface area contributed by atoms with Gasteiger partial charge < -0.3 is 15.4 Å². The summed E-state index contributed by atoms with van der Waals surface area (Å²) in [7, 11) is 1.62. The van der Waals surface area contributed by atoms with E-state index in [1.807, 2.05) is 36.4 Å². The lowest BCUT2D eigenvalue weighted by Crippen LogP contribution is -2.45. The van der Waals surface area contributed by atoms with E-state index in [1.54, 1.807) is 7.11 Å². The summed E-state index contributed by atoms with van der Waals surface area (Å²) < 4.78 is 5.17. The zero-order valence-electron chi connectivity index (χ0n) is 13.6. The van der Waals surface area contributed by atoms with Crippen molar-refractivity contribution < 1.29 is 4.74 Å². The van der Waals surface area contributed by atoms with Crippen molar-refractivity contribution in [1.82, 2.24) is 10.9 Å². The molecule has 0 bridgehead atoms. The number of anilines is 2.